The quantitative estimate of drug-likeness (QED) is 0.0380. The number of nitrogens with zero attached hydrogens (tertiary/aromatic N) is 3. The highest BCUT2D eigenvalue weighted by atomic mass is 32.2. The number of carbonyl (C=O) groups excluding carboxylic acids is 1. The van der Waals surface area contributed by atoms with Crippen molar-refractivity contribution in [2.45, 2.75) is 56.9 Å². The molecule has 0 saturated carbocycles. The van der Waals surface area contributed by atoms with Crippen molar-refractivity contribution in [1.82, 2.24) is 0 Å². The molecule has 4 aromatic carbocycles. The van der Waals surface area contributed by atoms with E-state index in [4.69, 9.17) is 4.74 Å². The topological polar surface area (TPSA) is 151 Å². The number of aromatic nitrogens is 1. The molecule has 318 valence electrons. The predicted octanol–water partition coefficient (Wildman–Crippen LogP) is 9.21. The van der Waals surface area contributed by atoms with Crippen molar-refractivity contribution >= 4 is 82.7 Å². The number of fused-ring (bicyclic) bond motifs is 2. The number of carbonyl (C=O) groups is 1. The minimum atomic E-state index is -4.35. The van der Waals surface area contributed by atoms with E-state index in [-0.39, 0.29) is 12.8 Å². The third kappa shape index (κ3) is 11.1. The van der Waals surface area contributed by atoms with Crippen LogP contribution in [0.4, 0.5) is 17.1 Å². The van der Waals surface area contributed by atoms with Gasteiger partial charge in [-0.25, -0.2) is 21.6 Å². The molecule has 5 aromatic rings. The van der Waals surface area contributed by atoms with E-state index in [1.807, 2.05) is 49.4 Å². The maximum absolute atomic E-state index is 12.5. The Balaban J connectivity index is 1.32. The number of allylic oxidation sites excluding steroid dienone is 5. The van der Waals surface area contributed by atoms with Gasteiger partial charge >= 0.3 is 5.97 Å². The number of rotatable bonds is 17. The second-order valence-corrected chi connectivity index (χ2v) is 20.0. The summed E-state index contributed by atoms with van der Waals surface area (Å²) in [6.45, 7) is 3.05. The number of esters is 1. The normalized spacial score (nSPS) is 15.8. The number of methoxy groups -OCH3 is 1. The molecule has 0 N–H and O–H groups in total. The monoisotopic (exact) mass is 896 g/mol. The molecule has 0 bridgehead atoms. The van der Waals surface area contributed by atoms with Gasteiger partial charge < -0.3 is 23.6 Å². The number of thioether (sulfide) groups is 1. The fourth-order valence-electron chi connectivity index (χ4n) is 7.59. The van der Waals surface area contributed by atoms with Crippen molar-refractivity contribution < 1.29 is 40.0 Å². The highest BCUT2D eigenvalue weighted by Gasteiger charge is 2.29. The molecule has 7 rings (SSSR count). The Morgan fingerprint density at radius 1 is 0.820 bits per heavy atom. The second-order valence-electron chi connectivity index (χ2n) is 14.8. The molecular formula is C46H46N3O8S4-. The van der Waals surface area contributed by atoms with E-state index in [1.165, 1.54) is 7.11 Å². The van der Waals surface area contributed by atoms with Gasteiger partial charge in [0.2, 0.25) is 5.52 Å². The largest absolute Gasteiger partial charge is 0.748 e. The van der Waals surface area contributed by atoms with Crippen molar-refractivity contribution in [3.63, 3.8) is 0 Å². The van der Waals surface area contributed by atoms with Gasteiger partial charge in [0.25, 0.3) is 5.01 Å². The van der Waals surface area contributed by atoms with Crippen molar-refractivity contribution in [3.8, 4) is 0 Å². The summed E-state index contributed by atoms with van der Waals surface area (Å²) >= 11 is 3.22. The van der Waals surface area contributed by atoms with Crippen LogP contribution in [0.5, 0.6) is 0 Å². The molecule has 0 saturated heterocycles. The lowest BCUT2D eigenvalue weighted by Crippen LogP contribution is -2.35. The van der Waals surface area contributed by atoms with Gasteiger partial charge in [0, 0.05) is 52.9 Å². The SMILES string of the molecule is COC(=O)c1ccc2sc(/C=C/C3=C(N(c4ccccc4)c4ccccc4)C(=C/C=C4\Sc5ccc(C)cc5N4CCCCS(=O)(=O)[O-])/CC3)[n+](CCCCS(=O)(=O)[O-])c2c1. The summed E-state index contributed by atoms with van der Waals surface area (Å²) < 4.78 is 76.3. The summed E-state index contributed by atoms with van der Waals surface area (Å²) in [7, 11) is -7.31. The van der Waals surface area contributed by atoms with Crippen LogP contribution in [0.1, 0.15) is 59.5 Å². The molecule has 1 aromatic heterocycles. The van der Waals surface area contributed by atoms with E-state index in [0.29, 0.717) is 31.5 Å². The van der Waals surface area contributed by atoms with Gasteiger partial charge in [-0.3, -0.25) is 0 Å². The molecule has 0 amide bonds. The Morgan fingerprint density at radius 3 is 2.15 bits per heavy atom. The van der Waals surface area contributed by atoms with Gasteiger partial charge in [0.15, 0.2) is 6.54 Å². The molecule has 0 atom stereocenters. The van der Waals surface area contributed by atoms with Gasteiger partial charge in [-0.05, 0) is 116 Å². The van der Waals surface area contributed by atoms with E-state index < -0.39 is 37.7 Å². The van der Waals surface area contributed by atoms with Gasteiger partial charge in [0.1, 0.15) is 4.70 Å². The first kappa shape index (κ1) is 44.0. The third-order valence-electron chi connectivity index (χ3n) is 10.5. The summed E-state index contributed by atoms with van der Waals surface area (Å²) in [6.07, 6.45) is 11.5. The number of ether oxygens (including phenoxy) is 1. The molecule has 1 aliphatic heterocycles. The average molecular weight is 897 g/mol. The molecule has 0 spiro atoms. The van der Waals surface area contributed by atoms with Crippen LogP contribution in [-0.4, -0.2) is 57.1 Å². The first-order valence-corrected chi connectivity index (χ1v) is 24.8. The van der Waals surface area contributed by atoms with Crippen LogP contribution in [0.25, 0.3) is 16.3 Å². The van der Waals surface area contributed by atoms with E-state index in [2.05, 4.69) is 81.1 Å². The molecule has 11 nitrogen and oxygen atoms in total. The van der Waals surface area contributed by atoms with Crippen LogP contribution in [0, 0.1) is 6.92 Å². The molecule has 0 fully saturated rings. The lowest BCUT2D eigenvalue weighted by Gasteiger charge is -2.28. The maximum atomic E-state index is 12.5. The molecule has 2 heterocycles. The average Bonchev–Trinajstić information content (AvgIpc) is 3.91. The maximum Gasteiger partial charge on any atom is 0.338 e. The second kappa shape index (κ2) is 19.3. The Hall–Kier alpha value is -5.03. The first-order valence-electron chi connectivity index (χ1n) is 20.0. The van der Waals surface area contributed by atoms with E-state index in [9.17, 15) is 30.7 Å². The number of benzene rings is 4. The van der Waals surface area contributed by atoms with Crippen LogP contribution in [0.15, 0.2) is 142 Å². The molecule has 2 aliphatic rings. The smallest absolute Gasteiger partial charge is 0.338 e. The fourth-order valence-corrected chi connectivity index (χ4v) is 10.9. The summed E-state index contributed by atoms with van der Waals surface area (Å²) in [5.41, 5.74) is 8.62. The fraction of sp³-hybridized carbons (Fsp3) is 0.261. The first-order chi connectivity index (χ1) is 29.3. The lowest BCUT2D eigenvalue weighted by atomic mass is 10.1. The van der Waals surface area contributed by atoms with Gasteiger partial charge in [-0.1, -0.05) is 71.6 Å². The van der Waals surface area contributed by atoms with Crippen LogP contribution < -0.4 is 14.4 Å². The molecular weight excluding hydrogens is 851 g/mol. The molecule has 61 heavy (non-hydrogen) atoms. The summed E-state index contributed by atoms with van der Waals surface area (Å²) in [5, 5.41) is 1.91. The molecule has 1 aliphatic carbocycles. The Kier molecular flexibility index (Phi) is 14.0. The summed E-state index contributed by atoms with van der Waals surface area (Å²) in [5.74, 6) is -1.30. The summed E-state index contributed by atoms with van der Waals surface area (Å²) in [4.78, 5) is 18.1. The Bertz CT molecular complexity index is 2720. The minimum Gasteiger partial charge on any atom is -0.748 e. The van der Waals surface area contributed by atoms with Gasteiger partial charge in [0.05, 0.1) is 49.3 Å². The standard InChI is InChI=1S/C46H47N3O8S4/c1-33-17-23-41-39(31-33)47(27-9-11-29-60(51,52)53)43(58-41)25-21-34-18-19-35(45(34)49(37-13-5-3-6-14-37)38-15-7-4-8-16-38)22-26-44-48(28-10-12-30-61(54,55)56)40-32-36(46(50)57-2)20-24-42(40)59-44/h3-8,13-17,20-26,31-32H,9-12,18-19,27-30H2,1-2H3,(H-,51,52,53,54,55,56)/p-1. The van der Waals surface area contributed by atoms with Crippen LogP contribution >= 0.6 is 23.1 Å². The predicted molar refractivity (Wildman–Crippen MR) is 242 cm³/mol. The van der Waals surface area contributed by atoms with Gasteiger partial charge in [-0.15, -0.1) is 0 Å². The minimum absolute atomic E-state index is 0.209. The highest BCUT2D eigenvalue weighted by molar-refractivity contribution is 8.03. The Labute approximate surface area is 365 Å². The number of hydrogen-bond donors (Lipinski definition) is 0. The molecule has 0 unspecified atom stereocenters. The van der Waals surface area contributed by atoms with E-state index in [1.54, 1.807) is 35.2 Å². The lowest BCUT2D eigenvalue weighted by molar-refractivity contribution is -0.669. The number of anilines is 3. The Morgan fingerprint density at radius 2 is 1.49 bits per heavy atom. The van der Waals surface area contributed by atoms with Crippen LogP contribution in [0.2, 0.25) is 0 Å². The van der Waals surface area contributed by atoms with Gasteiger partial charge in [-0.2, -0.15) is 4.57 Å². The van der Waals surface area contributed by atoms with E-state index >= 15 is 0 Å². The number of para-hydroxylation sites is 2. The molecule has 0 radical (unpaired) electrons. The summed E-state index contributed by atoms with van der Waals surface area (Å²) in [6, 6.07) is 32.2. The number of thiazole rings is 1. The number of hydrogen-bond acceptors (Lipinski definition) is 12. The number of unbranched alkanes of at least 4 members (excludes halogenated alkanes) is 2. The third-order valence-corrected chi connectivity index (χ3v) is 14.3. The zero-order valence-corrected chi connectivity index (χ0v) is 37.1. The zero-order valence-electron chi connectivity index (χ0n) is 33.9. The van der Waals surface area contributed by atoms with Crippen molar-refractivity contribution in [3.05, 3.63) is 153 Å². The zero-order chi connectivity index (χ0) is 43.1. The highest BCUT2D eigenvalue weighted by Crippen LogP contribution is 2.47. The number of aryl methyl sites for hydroxylation is 2. The molecule has 15 heteroatoms. The van der Waals surface area contributed by atoms with Crippen LogP contribution in [0.3, 0.4) is 0 Å². The van der Waals surface area contributed by atoms with Crippen LogP contribution in [-0.2, 0) is 31.5 Å². The van der Waals surface area contributed by atoms with Crippen molar-refractivity contribution in [2.75, 3.05) is 35.0 Å². The van der Waals surface area contributed by atoms with Crippen molar-refractivity contribution in [2.24, 2.45) is 0 Å². The van der Waals surface area contributed by atoms with Crippen molar-refractivity contribution in [1.29, 1.82) is 0 Å². The van der Waals surface area contributed by atoms with E-state index in [0.717, 1.165) is 77.5 Å².